The number of anilines is 1. The van der Waals surface area contributed by atoms with E-state index in [1.54, 1.807) is 18.2 Å². The average molecular weight is 262 g/mol. The molecule has 1 aromatic rings. The van der Waals surface area contributed by atoms with Gasteiger partial charge in [0.1, 0.15) is 6.04 Å². The van der Waals surface area contributed by atoms with E-state index in [4.69, 9.17) is 28.3 Å². The van der Waals surface area contributed by atoms with E-state index in [0.717, 1.165) is 0 Å². The number of hydrogen-bond donors (Lipinski definition) is 2. The third kappa shape index (κ3) is 3.03. The highest BCUT2D eigenvalue weighted by Gasteiger charge is 2.22. The monoisotopic (exact) mass is 261 g/mol. The zero-order valence-electron chi connectivity index (χ0n) is 9.00. The molecule has 0 bridgehead atoms. The van der Waals surface area contributed by atoms with E-state index in [1.807, 2.05) is 13.8 Å². The molecule has 16 heavy (non-hydrogen) atoms. The molecule has 2 N–H and O–H groups in total. The zero-order chi connectivity index (χ0) is 12.3. The van der Waals surface area contributed by atoms with Crippen LogP contribution in [0.5, 0.6) is 0 Å². The van der Waals surface area contributed by atoms with Gasteiger partial charge in [0.05, 0.1) is 15.7 Å². The molecule has 0 amide bonds. The number of hydrogen-bond acceptors (Lipinski definition) is 2. The summed E-state index contributed by atoms with van der Waals surface area (Å²) < 4.78 is 0. The summed E-state index contributed by atoms with van der Waals surface area (Å²) >= 11 is 11.8. The highest BCUT2D eigenvalue weighted by molar-refractivity contribution is 6.43. The van der Waals surface area contributed by atoms with Gasteiger partial charge in [0.15, 0.2) is 0 Å². The molecule has 5 heteroatoms. The smallest absolute Gasteiger partial charge is 0.326 e. The Morgan fingerprint density at radius 3 is 2.50 bits per heavy atom. The molecule has 1 rings (SSSR count). The van der Waals surface area contributed by atoms with Crippen molar-refractivity contribution in [2.24, 2.45) is 5.92 Å². The van der Waals surface area contributed by atoms with Gasteiger partial charge in [0, 0.05) is 0 Å². The van der Waals surface area contributed by atoms with Crippen molar-refractivity contribution in [3.63, 3.8) is 0 Å². The second-order valence-electron chi connectivity index (χ2n) is 3.81. The van der Waals surface area contributed by atoms with Gasteiger partial charge in [0.25, 0.3) is 0 Å². The van der Waals surface area contributed by atoms with Crippen LogP contribution in [0.25, 0.3) is 0 Å². The van der Waals surface area contributed by atoms with Gasteiger partial charge in [-0.2, -0.15) is 0 Å². The minimum absolute atomic E-state index is 0.0486. The summed E-state index contributed by atoms with van der Waals surface area (Å²) in [5.41, 5.74) is 0.537. The van der Waals surface area contributed by atoms with Gasteiger partial charge in [-0.1, -0.05) is 43.1 Å². The minimum Gasteiger partial charge on any atom is -0.480 e. The van der Waals surface area contributed by atoms with Gasteiger partial charge >= 0.3 is 5.97 Å². The van der Waals surface area contributed by atoms with E-state index in [9.17, 15) is 4.79 Å². The molecule has 1 aromatic carbocycles. The molecule has 1 unspecified atom stereocenters. The summed E-state index contributed by atoms with van der Waals surface area (Å²) in [6, 6.07) is 4.39. The van der Waals surface area contributed by atoms with E-state index < -0.39 is 12.0 Å². The van der Waals surface area contributed by atoms with Crippen molar-refractivity contribution in [2.75, 3.05) is 5.32 Å². The van der Waals surface area contributed by atoms with Crippen LogP contribution in [0.1, 0.15) is 13.8 Å². The topological polar surface area (TPSA) is 49.3 Å². The molecule has 0 radical (unpaired) electrons. The number of carboxylic acids is 1. The van der Waals surface area contributed by atoms with Gasteiger partial charge in [-0.25, -0.2) is 4.79 Å². The Balaban J connectivity index is 2.94. The van der Waals surface area contributed by atoms with E-state index in [1.165, 1.54) is 0 Å². The molecule has 0 saturated heterocycles. The summed E-state index contributed by atoms with van der Waals surface area (Å²) in [7, 11) is 0. The maximum absolute atomic E-state index is 11.0. The first-order valence-electron chi connectivity index (χ1n) is 4.87. The Morgan fingerprint density at radius 1 is 1.38 bits per heavy atom. The molecular formula is C11H13Cl2NO2. The Morgan fingerprint density at radius 2 is 2.00 bits per heavy atom. The van der Waals surface area contributed by atoms with Crippen molar-refractivity contribution in [1.82, 2.24) is 0 Å². The summed E-state index contributed by atoms with van der Waals surface area (Å²) in [6.45, 7) is 3.65. The Labute approximate surface area is 104 Å². The lowest BCUT2D eigenvalue weighted by atomic mass is 10.0. The predicted octanol–water partition coefficient (Wildman–Crippen LogP) is 3.51. The van der Waals surface area contributed by atoms with Crippen molar-refractivity contribution < 1.29 is 9.90 Å². The van der Waals surface area contributed by atoms with E-state index in [-0.39, 0.29) is 5.92 Å². The third-order valence-corrected chi connectivity index (χ3v) is 3.01. The molecule has 0 fully saturated rings. The van der Waals surface area contributed by atoms with Crippen LogP contribution in [0.4, 0.5) is 5.69 Å². The van der Waals surface area contributed by atoms with Crippen LogP contribution in [0.15, 0.2) is 18.2 Å². The SMILES string of the molecule is CC(C)C(Nc1cccc(Cl)c1Cl)C(=O)O. The van der Waals surface area contributed by atoms with Crippen LogP contribution in [-0.4, -0.2) is 17.1 Å². The summed E-state index contributed by atoms with van der Waals surface area (Å²) in [5.74, 6) is -0.960. The van der Waals surface area contributed by atoms with E-state index in [0.29, 0.717) is 15.7 Å². The summed E-state index contributed by atoms with van der Waals surface area (Å²) in [4.78, 5) is 11.0. The van der Waals surface area contributed by atoms with Crippen molar-refractivity contribution in [3.05, 3.63) is 28.2 Å². The summed E-state index contributed by atoms with van der Waals surface area (Å²) in [6.07, 6.45) is 0. The molecular weight excluding hydrogens is 249 g/mol. The molecule has 0 heterocycles. The molecule has 1 atom stereocenters. The fourth-order valence-corrected chi connectivity index (χ4v) is 1.65. The lowest BCUT2D eigenvalue weighted by Gasteiger charge is -2.20. The third-order valence-electron chi connectivity index (χ3n) is 2.20. The molecule has 0 saturated carbocycles. The molecule has 0 aliphatic rings. The molecule has 0 aliphatic heterocycles. The normalized spacial score (nSPS) is 12.6. The number of nitrogens with one attached hydrogen (secondary N) is 1. The number of carboxylic acid groups (broad SMARTS) is 1. The lowest BCUT2D eigenvalue weighted by Crippen LogP contribution is -2.34. The molecule has 0 aromatic heterocycles. The second kappa shape index (κ2) is 5.41. The van der Waals surface area contributed by atoms with Gasteiger partial charge in [-0.05, 0) is 18.1 Å². The van der Waals surface area contributed by atoms with Crippen molar-refractivity contribution in [2.45, 2.75) is 19.9 Å². The van der Waals surface area contributed by atoms with Crippen LogP contribution in [0.3, 0.4) is 0 Å². The quantitative estimate of drug-likeness (QED) is 0.872. The van der Waals surface area contributed by atoms with Gasteiger partial charge in [-0.3, -0.25) is 0 Å². The Hall–Kier alpha value is -0.930. The summed E-state index contributed by atoms with van der Waals surface area (Å²) in [5, 5.41) is 12.6. The Kier molecular flexibility index (Phi) is 4.44. The Bertz CT molecular complexity index is 394. The van der Waals surface area contributed by atoms with Gasteiger partial charge < -0.3 is 10.4 Å². The zero-order valence-corrected chi connectivity index (χ0v) is 10.5. The number of aliphatic carboxylic acids is 1. The lowest BCUT2D eigenvalue weighted by molar-refractivity contribution is -0.138. The van der Waals surface area contributed by atoms with Crippen molar-refractivity contribution >= 4 is 34.9 Å². The number of benzene rings is 1. The molecule has 88 valence electrons. The molecule has 0 spiro atoms. The number of rotatable bonds is 4. The standard InChI is InChI=1S/C11H13Cl2NO2/c1-6(2)10(11(15)16)14-8-5-3-4-7(12)9(8)13/h3-6,10,14H,1-2H3,(H,15,16). The first-order chi connectivity index (χ1) is 7.43. The number of halogens is 2. The maximum atomic E-state index is 11.0. The van der Waals surface area contributed by atoms with Crippen LogP contribution in [-0.2, 0) is 4.79 Å². The minimum atomic E-state index is -0.911. The average Bonchev–Trinajstić information content (AvgIpc) is 2.19. The fourth-order valence-electron chi connectivity index (χ4n) is 1.30. The van der Waals surface area contributed by atoms with E-state index >= 15 is 0 Å². The molecule has 0 aliphatic carbocycles. The van der Waals surface area contributed by atoms with E-state index in [2.05, 4.69) is 5.32 Å². The van der Waals surface area contributed by atoms with Gasteiger partial charge in [0.2, 0.25) is 0 Å². The fraction of sp³-hybridized carbons (Fsp3) is 0.364. The highest BCUT2D eigenvalue weighted by Crippen LogP contribution is 2.30. The predicted molar refractivity (Wildman–Crippen MR) is 66.3 cm³/mol. The van der Waals surface area contributed by atoms with Crippen LogP contribution < -0.4 is 5.32 Å². The first-order valence-corrected chi connectivity index (χ1v) is 5.62. The van der Waals surface area contributed by atoms with Crippen LogP contribution in [0.2, 0.25) is 10.0 Å². The van der Waals surface area contributed by atoms with Crippen molar-refractivity contribution in [3.8, 4) is 0 Å². The maximum Gasteiger partial charge on any atom is 0.326 e. The number of carbonyl (C=O) groups is 1. The second-order valence-corrected chi connectivity index (χ2v) is 4.59. The van der Waals surface area contributed by atoms with Crippen LogP contribution in [0, 0.1) is 5.92 Å². The first kappa shape index (κ1) is 13.1. The van der Waals surface area contributed by atoms with Crippen LogP contribution >= 0.6 is 23.2 Å². The molecule has 3 nitrogen and oxygen atoms in total. The highest BCUT2D eigenvalue weighted by atomic mass is 35.5. The van der Waals surface area contributed by atoms with Gasteiger partial charge in [-0.15, -0.1) is 0 Å². The van der Waals surface area contributed by atoms with Crippen molar-refractivity contribution in [1.29, 1.82) is 0 Å². The largest absolute Gasteiger partial charge is 0.480 e.